The number of benzene rings is 1. The molecule has 0 spiro atoms. The zero-order chi connectivity index (χ0) is 8.27. The van der Waals surface area contributed by atoms with E-state index in [9.17, 15) is 0 Å². The molecule has 0 saturated carbocycles. The van der Waals surface area contributed by atoms with E-state index >= 15 is 0 Å². The van der Waals surface area contributed by atoms with Gasteiger partial charge in [-0.2, -0.15) is 0 Å². The Kier molecular flexibility index (Phi) is 2.92. The molecule has 1 aromatic rings. The van der Waals surface area contributed by atoms with Crippen LogP contribution in [0.3, 0.4) is 0 Å². The molecule has 0 unspecified atom stereocenters. The van der Waals surface area contributed by atoms with Gasteiger partial charge in [-0.1, -0.05) is 23.2 Å². The first-order valence-corrected chi connectivity index (χ1v) is 3.85. The van der Waals surface area contributed by atoms with Crippen molar-refractivity contribution in [3.8, 4) is 0 Å². The van der Waals surface area contributed by atoms with Crippen LogP contribution in [0.2, 0.25) is 10.0 Å². The average molecular weight is 188 g/mol. The average Bonchev–Trinajstić information content (AvgIpc) is 1.85. The molecule has 11 heavy (non-hydrogen) atoms. The highest BCUT2D eigenvalue weighted by atomic mass is 35.5. The highest BCUT2D eigenvalue weighted by molar-refractivity contribution is 6.34. The van der Waals surface area contributed by atoms with Crippen molar-refractivity contribution in [1.82, 2.24) is 0 Å². The minimum absolute atomic E-state index is 0.556. The summed E-state index contributed by atoms with van der Waals surface area (Å²) in [6.45, 7) is 3.93. The van der Waals surface area contributed by atoms with E-state index in [2.05, 4.69) is 11.7 Å². The third kappa shape index (κ3) is 2.52. The lowest BCUT2D eigenvalue weighted by Gasteiger charge is -1.97. The van der Waals surface area contributed by atoms with E-state index < -0.39 is 0 Å². The second-order valence-corrected chi connectivity index (χ2v) is 3.03. The minimum atomic E-state index is 0.556. The summed E-state index contributed by atoms with van der Waals surface area (Å²) in [5, 5.41) is 1.27. The summed E-state index contributed by atoms with van der Waals surface area (Å²) in [4.78, 5) is 3.72. The molecule has 3 heteroatoms. The van der Waals surface area contributed by atoms with Crippen LogP contribution in [0.4, 0.5) is 0 Å². The lowest BCUT2D eigenvalue weighted by atomic mass is 10.2. The lowest BCUT2D eigenvalue weighted by molar-refractivity contribution is 1.08. The van der Waals surface area contributed by atoms with Crippen LogP contribution in [-0.2, 0) is 6.54 Å². The molecule has 0 amide bonds. The Balaban J connectivity index is 2.98. The van der Waals surface area contributed by atoms with E-state index in [4.69, 9.17) is 23.2 Å². The van der Waals surface area contributed by atoms with E-state index in [1.807, 2.05) is 12.1 Å². The molecular formula is C8H7Cl2N. The van der Waals surface area contributed by atoms with Crippen LogP contribution in [0, 0.1) is 0 Å². The normalized spacial score (nSPS) is 9.64. The van der Waals surface area contributed by atoms with Gasteiger partial charge in [0.1, 0.15) is 0 Å². The fourth-order valence-corrected chi connectivity index (χ4v) is 1.40. The van der Waals surface area contributed by atoms with Gasteiger partial charge in [0, 0.05) is 10.0 Å². The van der Waals surface area contributed by atoms with Gasteiger partial charge in [0.25, 0.3) is 0 Å². The van der Waals surface area contributed by atoms with Crippen LogP contribution in [0.1, 0.15) is 5.56 Å². The maximum atomic E-state index is 5.74. The SMILES string of the molecule is C=NCc1cc(Cl)cc(Cl)c1. The van der Waals surface area contributed by atoms with Crippen molar-refractivity contribution in [1.29, 1.82) is 0 Å². The van der Waals surface area contributed by atoms with Crippen LogP contribution in [0.5, 0.6) is 0 Å². The van der Waals surface area contributed by atoms with E-state index in [0.29, 0.717) is 16.6 Å². The number of aliphatic imine (C=N–C) groups is 1. The van der Waals surface area contributed by atoms with Gasteiger partial charge in [-0.3, -0.25) is 4.99 Å². The third-order valence-electron chi connectivity index (χ3n) is 1.22. The van der Waals surface area contributed by atoms with Crippen molar-refractivity contribution >= 4 is 29.9 Å². The summed E-state index contributed by atoms with van der Waals surface area (Å²) in [6, 6.07) is 5.33. The van der Waals surface area contributed by atoms with Crippen molar-refractivity contribution in [2.24, 2.45) is 4.99 Å². The molecule has 0 heterocycles. The fourth-order valence-electron chi connectivity index (χ4n) is 0.831. The summed E-state index contributed by atoms with van der Waals surface area (Å²) in [6.07, 6.45) is 0. The molecule has 0 aliphatic rings. The number of rotatable bonds is 2. The van der Waals surface area contributed by atoms with Crippen LogP contribution < -0.4 is 0 Å². The Hall–Kier alpha value is -0.530. The van der Waals surface area contributed by atoms with E-state index in [1.54, 1.807) is 6.07 Å². The molecule has 58 valence electrons. The Morgan fingerprint density at radius 2 is 1.73 bits per heavy atom. The number of hydrogen-bond donors (Lipinski definition) is 0. The topological polar surface area (TPSA) is 12.4 Å². The third-order valence-corrected chi connectivity index (χ3v) is 1.65. The highest BCUT2D eigenvalue weighted by Crippen LogP contribution is 2.19. The molecule has 1 aromatic carbocycles. The van der Waals surface area contributed by atoms with Gasteiger partial charge in [0.15, 0.2) is 0 Å². The molecule has 1 rings (SSSR count). The quantitative estimate of drug-likeness (QED) is 0.632. The largest absolute Gasteiger partial charge is 0.296 e. The molecule has 0 aliphatic carbocycles. The minimum Gasteiger partial charge on any atom is -0.296 e. The Labute approximate surface area is 75.7 Å². The maximum absolute atomic E-state index is 5.74. The Bertz CT molecular complexity index is 251. The van der Waals surface area contributed by atoms with Crippen LogP contribution in [-0.4, -0.2) is 6.72 Å². The Morgan fingerprint density at radius 1 is 1.18 bits per heavy atom. The number of nitrogens with zero attached hydrogens (tertiary/aromatic N) is 1. The summed E-state index contributed by atoms with van der Waals surface area (Å²) >= 11 is 11.5. The molecule has 0 atom stereocenters. The molecule has 0 aromatic heterocycles. The summed E-state index contributed by atoms with van der Waals surface area (Å²) in [7, 11) is 0. The van der Waals surface area contributed by atoms with Crippen molar-refractivity contribution in [2.75, 3.05) is 0 Å². The summed E-state index contributed by atoms with van der Waals surface area (Å²) in [5.74, 6) is 0. The van der Waals surface area contributed by atoms with Gasteiger partial charge in [-0.25, -0.2) is 0 Å². The maximum Gasteiger partial charge on any atom is 0.0633 e. The Morgan fingerprint density at radius 3 is 2.18 bits per heavy atom. The van der Waals surface area contributed by atoms with Crippen LogP contribution >= 0.6 is 23.2 Å². The second-order valence-electron chi connectivity index (χ2n) is 2.16. The number of halogens is 2. The summed E-state index contributed by atoms with van der Waals surface area (Å²) < 4.78 is 0. The molecule has 0 aliphatic heterocycles. The number of hydrogen-bond acceptors (Lipinski definition) is 1. The molecule has 0 fully saturated rings. The van der Waals surface area contributed by atoms with Gasteiger partial charge in [0.2, 0.25) is 0 Å². The van der Waals surface area contributed by atoms with E-state index in [1.165, 1.54) is 0 Å². The molecule has 0 N–H and O–H groups in total. The van der Waals surface area contributed by atoms with Crippen molar-refractivity contribution in [3.05, 3.63) is 33.8 Å². The smallest absolute Gasteiger partial charge is 0.0633 e. The van der Waals surface area contributed by atoms with Crippen molar-refractivity contribution in [2.45, 2.75) is 6.54 Å². The lowest BCUT2D eigenvalue weighted by Crippen LogP contribution is -1.80. The highest BCUT2D eigenvalue weighted by Gasteiger charge is 1.95. The molecular weight excluding hydrogens is 181 g/mol. The zero-order valence-electron chi connectivity index (χ0n) is 5.85. The fraction of sp³-hybridized carbons (Fsp3) is 0.125. The van der Waals surface area contributed by atoms with Crippen molar-refractivity contribution < 1.29 is 0 Å². The van der Waals surface area contributed by atoms with Crippen molar-refractivity contribution in [3.63, 3.8) is 0 Å². The molecule has 0 radical (unpaired) electrons. The van der Waals surface area contributed by atoms with Gasteiger partial charge < -0.3 is 0 Å². The predicted octanol–water partition coefficient (Wildman–Crippen LogP) is 3.19. The van der Waals surface area contributed by atoms with E-state index in [-0.39, 0.29) is 0 Å². The second kappa shape index (κ2) is 3.74. The molecule has 0 saturated heterocycles. The zero-order valence-corrected chi connectivity index (χ0v) is 7.36. The van der Waals surface area contributed by atoms with Gasteiger partial charge in [-0.15, -0.1) is 0 Å². The predicted molar refractivity (Wildman–Crippen MR) is 49.7 cm³/mol. The van der Waals surface area contributed by atoms with Gasteiger partial charge in [0.05, 0.1) is 6.54 Å². The first kappa shape index (κ1) is 8.57. The first-order valence-electron chi connectivity index (χ1n) is 3.10. The summed E-state index contributed by atoms with van der Waals surface area (Å²) in [5.41, 5.74) is 0.984. The first-order chi connectivity index (χ1) is 5.22. The monoisotopic (exact) mass is 187 g/mol. The molecule has 0 bridgehead atoms. The van der Waals surface area contributed by atoms with Crippen LogP contribution in [0.25, 0.3) is 0 Å². The van der Waals surface area contributed by atoms with Gasteiger partial charge >= 0.3 is 0 Å². The molecule has 1 nitrogen and oxygen atoms in total. The standard InChI is InChI=1S/C8H7Cl2N/c1-11-5-6-2-7(9)4-8(10)3-6/h2-4H,1,5H2. The van der Waals surface area contributed by atoms with Crippen LogP contribution in [0.15, 0.2) is 23.2 Å². The van der Waals surface area contributed by atoms with E-state index in [0.717, 1.165) is 5.56 Å². The van der Waals surface area contributed by atoms with Gasteiger partial charge in [-0.05, 0) is 30.5 Å².